The average molecular weight is 395 g/mol. The minimum atomic E-state index is -0.0474. The molecule has 4 atom stereocenters. The van der Waals surface area contributed by atoms with Gasteiger partial charge >= 0.3 is 0 Å². The topological polar surface area (TPSA) is 41.4 Å². The Hall–Kier alpha value is -2.14. The lowest BCUT2D eigenvalue weighted by Gasteiger charge is -2.37. The lowest BCUT2D eigenvalue weighted by atomic mass is 9.87. The highest BCUT2D eigenvalue weighted by molar-refractivity contribution is 5.79. The molecule has 0 bridgehead atoms. The Bertz CT molecular complexity index is 817. The molecule has 5 heteroatoms. The summed E-state index contributed by atoms with van der Waals surface area (Å²) in [5.41, 5.74) is 1.36. The summed E-state index contributed by atoms with van der Waals surface area (Å²) in [4.78, 5) is 22.7. The van der Waals surface area contributed by atoms with Crippen LogP contribution in [0, 0.1) is 12.8 Å². The number of hydrogen-bond donors (Lipinski definition) is 0. The molecule has 1 unspecified atom stereocenters. The zero-order valence-electron chi connectivity index (χ0n) is 18.0. The number of nitrogens with zero attached hydrogens (tertiary/aromatic N) is 4. The molecule has 0 saturated carbocycles. The monoisotopic (exact) mass is 394 g/mol. The Kier molecular flexibility index (Phi) is 6.04. The first-order chi connectivity index (χ1) is 14.1. The molecule has 2 aliphatic heterocycles. The highest BCUT2D eigenvalue weighted by Crippen LogP contribution is 2.39. The first-order valence-corrected chi connectivity index (χ1v) is 11.1. The van der Waals surface area contributed by atoms with Gasteiger partial charge in [-0.15, -0.1) is 0 Å². The van der Waals surface area contributed by atoms with Crippen LogP contribution in [-0.4, -0.2) is 57.5 Å². The number of imidazole rings is 1. The maximum Gasteiger partial charge on any atom is 0.227 e. The Morgan fingerprint density at radius 3 is 2.72 bits per heavy atom. The summed E-state index contributed by atoms with van der Waals surface area (Å²) in [6, 6.07) is 11.5. The Morgan fingerprint density at radius 1 is 1.21 bits per heavy atom. The largest absolute Gasteiger partial charge is 0.337 e. The summed E-state index contributed by atoms with van der Waals surface area (Å²) in [7, 11) is 2.26. The summed E-state index contributed by atoms with van der Waals surface area (Å²) in [5.74, 6) is 1.60. The molecular weight excluding hydrogens is 360 g/mol. The van der Waals surface area contributed by atoms with Crippen molar-refractivity contribution < 1.29 is 4.79 Å². The van der Waals surface area contributed by atoms with Gasteiger partial charge in [-0.05, 0) is 38.9 Å². The summed E-state index contributed by atoms with van der Waals surface area (Å²) in [6.45, 7) is 6.72. The molecule has 1 amide bonds. The number of amides is 1. The van der Waals surface area contributed by atoms with E-state index in [1.165, 1.54) is 24.8 Å². The van der Waals surface area contributed by atoms with E-state index in [2.05, 4.69) is 63.7 Å². The van der Waals surface area contributed by atoms with Crippen molar-refractivity contribution in [3.63, 3.8) is 0 Å². The van der Waals surface area contributed by atoms with Crippen molar-refractivity contribution in [2.45, 2.75) is 64.1 Å². The molecule has 2 aliphatic rings. The van der Waals surface area contributed by atoms with Gasteiger partial charge in [0.15, 0.2) is 0 Å². The molecule has 0 aliphatic carbocycles. The van der Waals surface area contributed by atoms with E-state index >= 15 is 0 Å². The number of carbonyl (C=O) groups excluding carboxylic acids is 1. The van der Waals surface area contributed by atoms with Crippen LogP contribution in [0.3, 0.4) is 0 Å². The van der Waals surface area contributed by atoms with Crippen LogP contribution in [0.1, 0.15) is 49.9 Å². The molecule has 0 spiro atoms. The van der Waals surface area contributed by atoms with Gasteiger partial charge in [0.1, 0.15) is 5.82 Å². The van der Waals surface area contributed by atoms with Gasteiger partial charge in [-0.1, -0.05) is 50.1 Å². The zero-order valence-corrected chi connectivity index (χ0v) is 18.0. The van der Waals surface area contributed by atoms with Crippen molar-refractivity contribution in [3.8, 4) is 0 Å². The Labute approximate surface area is 174 Å². The molecule has 2 aromatic rings. The van der Waals surface area contributed by atoms with Crippen molar-refractivity contribution in [1.29, 1.82) is 0 Å². The standard InChI is InChI=1S/C24H34N4O/c1-18(16-27-15-13-25-19(27)2)24(29)28-17-21(20-10-6-4-7-11-20)23-22(28)12-8-5-9-14-26(23)3/h4,6-7,10-11,13,15,18,21-23H,5,8-9,12,14,16-17H2,1-3H3/t18?,21-,22+,23-/m0/s1. The quantitative estimate of drug-likeness (QED) is 0.794. The second-order valence-electron chi connectivity index (χ2n) is 8.92. The van der Waals surface area contributed by atoms with Crippen LogP contribution in [-0.2, 0) is 11.3 Å². The highest BCUT2D eigenvalue weighted by atomic mass is 16.2. The number of benzene rings is 1. The SMILES string of the molecule is Cc1nccn1CC(C)C(=O)N1C[C@@H](c2ccccc2)[C@H]2[C@H]1CCCCCN2C. The predicted octanol–water partition coefficient (Wildman–Crippen LogP) is 3.70. The van der Waals surface area contributed by atoms with Crippen molar-refractivity contribution in [2.75, 3.05) is 20.1 Å². The molecule has 156 valence electrons. The van der Waals surface area contributed by atoms with Gasteiger partial charge in [0.05, 0.1) is 5.92 Å². The number of aromatic nitrogens is 2. The Morgan fingerprint density at radius 2 is 2.00 bits per heavy atom. The molecule has 5 nitrogen and oxygen atoms in total. The molecule has 29 heavy (non-hydrogen) atoms. The van der Waals surface area contributed by atoms with Crippen LogP contribution in [0.15, 0.2) is 42.7 Å². The van der Waals surface area contributed by atoms with Gasteiger partial charge in [0.2, 0.25) is 5.91 Å². The zero-order chi connectivity index (χ0) is 20.4. The van der Waals surface area contributed by atoms with Crippen molar-refractivity contribution in [1.82, 2.24) is 19.4 Å². The van der Waals surface area contributed by atoms with Gasteiger partial charge < -0.3 is 14.4 Å². The second-order valence-corrected chi connectivity index (χ2v) is 8.92. The average Bonchev–Trinajstić information content (AvgIpc) is 3.29. The number of rotatable bonds is 4. The fourth-order valence-electron chi connectivity index (χ4n) is 5.39. The van der Waals surface area contributed by atoms with Gasteiger partial charge in [-0.3, -0.25) is 4.79 Å². The summed E-state index contributed by atoms with van der Waals surface area (Å²) in [5, 5.41) is 0. The number of carbonyl (C=O) groups is 1. The molecule has 1 aromatic carbocycles. The third kappa shape index (κ3) is 4.11. The lowest BCUT2D eigenvalue weighted by molar-refractivity contribution is -0.137. The fraction of sp³-hybridized carbons (Fsp3) is 0.583. The van der Waals surface area contributed by atoms with E-state index in [0.717, 1.165) is 25.3 Å². The van der Waals surface area contributed by atoms with E-state index in [0.29, 0.717) is 30.5 Å². The van der Waals surface area contributed by atoms with E-state index < -0.39 is 0 Å². The summed E-state index contributed by atoms with van der Waals surface area (Å²) < 4.78 is 2.09. The number of likely N-dealkylation sites (tertiary alicyclic amines) is 2. The molecule has 0 radical (unpaired) electrons. The molecule has 2 saturated heterocycles. The molecular formula is C24H34N4O. The third-order valence-corrected chi connectivity index (χ3v) is 6.95. The molecule has 4 rings (SSSR count). The first kappa shape index (κ1) is 20.1. The van der Waals surface area contributed by atoms with Crippen LogP contribution in [0.4, 0.5) is 0 Å². The maximum absolute atomic E-state index is 13.6. The second kappa shape index (κ2) is 8.70. The van der Waals surface area contributed by atoms with Crippen molar-refractivity contribution >= 4 is 5.91 Å². The van der Waals surface area contributed by atoms with Gasteiger partial charge in [-0.25, -0.2) is 4.98 Å². The minimum Gasteiger partial charge on any atom is -0.337 e. The van der Waals surface area contributed by atoms with Crippen molar-refractivity contribution in [3.05, 3.63) is 54.1 Å². The number of hydrogen-bond acceptors (Lipinski definition) is 3. The van der Waals surface area contributed by atoms with Crippen LogP contribution in [0.5, 0.6) is 0 Å². The molecule has 1 aromatic heterocycles. The van der Waals surface area contributed by atoms with Crippen LogP contribution in [0.25, 0.3) is 0 Å². The summed E-state index contributed by atoms with van der Waals surface area (Å²) in [6.07, 6.45) is 8.63. The van der Waals surface area contributed by atoms with Crippen molar-refractivity contribution in [2.24, 2.45) is 5.92 Å². The first-order valence-electron chi connectivity index (χ1n) is 11.1. The number of fused-ring (bicyclic) bond motifs is 1. The summed E-state index contributed by atoms with van der Waals surface area (Å²) >= 11 is 0. The van der Waals surface area contributed by atoms with Gasteiger partial charge in [0.25, 0.3) is 0 Å². The van der Waals surface area contributed by atoms with E-state index in [1.54, 1.807) is 0 Å². The molecule has 0 N–H and O–H groups in total. The molecule has 3 heterocycles. The van der Waals surface area contributed by atoms with Gasteiger partial charge in [0, 0.05) is 43.5 Å². The fourth-order valence-corrected chi connectivity index (χ4v) is 5.39. The van der Waals surface area contributed by atoms with Crippen LogP contribution < -0.4 is 0 Å². The van der Waals surface area contributed by atoms with E-state index in [9.17, 15) is 4.79 Å². The smallest absolute Gasteiger partial charge is 0.227 e. The van der Waals surface area contributed by atoms with Crippen LogP contribution >= 0.6 is 0 Å². The highest BCUT2D eigenvalue weighted by Gasteiger charge is 2.46. The van der Waals surface area contributed by atoms with Gasteiger partial charge in [-0.2, -0.15) is 0 Å². The number of likely N-dealkylation sites (N-methyl/N-ethyl adjacent to an activating group) is 1. The third-order valence-electron chi connectivity index (χ3n) is 6.95. The van der Waals surface area contributed by atoms with Crippen LogP contribution in [0.2, 0.25) is 0 Å². The normalized spacial score (nSPS) is 26.6. The van der Waals surface area contributed by atoms with E-state index in [-0.39, 0.29) is 5.92 Å². The lowest BCUT2D eigenvalue weighted by Crippen LogP contribution is -2.49. The maximum atomic E-state index is 13.6. The minimum absolute atomic E-state index is 0.0474. The van der Waals surface area contributed by atoms with E-state index in [4.69, 9.17) is 0 Å². The number of aryl methyl sites for hydroxylation is 1. The molecule has 2 fully saturated rings. The van der Waals surface area contributed by atoms with E-state index in [1.807, 2.05) is 19.3 Å². The predicted molar refractivity (Wildman–Crippen MR) is 116 cm³/mol. The Balaban J connectivity index is 1.59.